The minimum Gasteiger partial charge on any atom is -0.0953 e. The van der Waals surface area contributed by atoms with Gasteiger partial charge in [-0.1, -0.05) is 78.0 Å². The molecule has 0 heteroatoms. The summed E-state index contributed by atoms with van der Waals surface area (Å²) >= 11 is 0. The Labute approximate surface area is 162 Å². The summed E-state index contributed by atoms with van der Waals surface area (Å²) in [5.74, 6) is 0. The highest BCUT2D eigenvalue weighted by molar-refractivity contribution is 5.42. The van der Waals surface area contributed by atoms with Crippen molar-refractivity contribution < 1.29 is 0 Å². The van der Waals surface area contributed by atoms with Crippen molar-refractivity contribution in [3.63, 3.8) is 0 Å². The Hall–Kier alpha value is -1.30. The van der Waals surface area contributed by atoms with E-state index in [-0.39, 0.29) is 10.8 Å². The van der Waals surface area contributed by atoms with Crippen molar-refractivity contribution in [1.82, 2.24) is 0 Å². The molecular formula is C26H40. The maximum Gasteiger partial charge on any atom is -0.0104 e. The van der Waals surface area contributed by atoms with Gasteiger partial charge in [0.15, 0.2) is 0 Å². The minimum atomic E-state index is 0.170. The van der Waals surface area contributed by atoms with Gasteiger partial charge in [-0.2, -0.15) is 0 Å². The van der Waals surface area contributed by atoms with E-state index < -0.39 is 0 Å². The molecule has 0 nitrogen and oxygen atoms in total. The third kappa shape index (κ3) is 4.90. The molecule has 0 fully saturated rings. The van der Waals surface area contributed by atoms with E-state index >= 15 is 0 Å². The van der Waals surface area contributed by atoms with E-state index in [4.69, 9.17) is 0 Å². The molecule has 0 spiro atoms. The van der Waals surface area contributed by atoms with Gasteiger partial charge in [0.25, 0.3) is 0 Å². The topological polar surface area (TPSA) is 0 Å². The first-order valence-corrected chi connectivity index (χ1v) is 10.3. The van der Waals surface area contributed by atoms with Crippen LogP contribution in [0.5, 0.6) is 0 Å². The van der Waals surface area contributed by atoms with Crippen molar-refractivity contribution in [2.75, 3.05) is 0 Å². The van der Waals surface area contributed by atoms with Crippen LogP contribution >= 0.6 is 0 Å². The number of rotatable bonds is 2. The lowest BCUT2D eigenvalue weighted by Crippen LogP contribution is -2.26. The lowest BCUT2D eigenvalue weighted by molar-refractivity contribution is 0.227. The molecule has 0 saturated carbocycles. The van der Waals surface area contributed by atoms with Gasteiger partial charge in [0.2, 0.25) is 0 Å². The lowest BCUT2D eigenvalue weighted by atomic mass is 9.67. The Morgan fingerprint density at radius 1 is 1.04 bits per heavy atom. The largest absolute Gasteiger partial charge is 0.0953 e. The summed E-state index contributed by atoms with van der Waals surface area (Å²) in [6, 6.07) is 0. The normalized spacial score (nSPS) is 28.7. The third-order valence-electron chi connectivity index (χ3n) is 6.49. The van der Waals surface area contributed by atoms with Crippen LogP contribution in [0.1, 0.15) is 87.5 Å². The van der Waals surface area contributed by atoms with Crippen molar-refractivity contribution >= 4 is 0 Å². The molecule has 0 aromatic heterocycles. The van der Waals surface area contributed by atoms with Gasteiger partial charge in [0.1, 0.15) is 0 Å². The molecule has 2 aliphatic carbocycles. The number of allylic oxidation sites excluding steroid dienone is 9. The van der Waals surface area contributed by atoms with Crippen LogP contribution < -0.4 is 0 Å². The van der Waals surface area contributed by atoms with Gasteiger partial charge < -0.3 is 0 Å². The first-order chi connectivity index (χ1) is 11.8. The van der Waals surface area contributed by atoms with Crippen LogP contribution in [0.4, 0.5) is 0 Å². The SMILES string of the molecule is C=C1\C=C/C(=C(C)/C=C/C2=C(C)CCCC2(C)C)CC(C)(C)CC1(C)C. The van der Waals surface area contributed by atoms with E-state index in [1.807, 2.05) is 0 Å². The average molecular weight is 353 g/mol. The number of hydrogen-bond donors (Lipinski definition) is 0. The molecule has 0 aromatic carbocycles. The van der Waals surface area contributed by atoms with Crippen LogP contribution in [0.15, 0.2) is 58.7 Å². The van der Waals surface area contributed by atoms with Crippen LogP contribution in [0.25, 0.3) is 0 Å². The second kappa shape index (κ2) is 7.37. The standard InChI is InChI=1S/C26H40/c1-19(12-15-23-20(2)11-10-16-25(23,6)7)22-14-13-21(3)26(8,9)18-24(4,5)17-22/h12-15H,3,10-11,16-18H2,1-2,4-9H3/b14-13-,15-12+,22-19-. The summed E-state index contributed by atoms with van der Waals surface area (Å²) in [5.41, 5.74) is 7.95. The summed E-state index contributed by atoms with van der Waals surface area (Å²) in [5, 5.41) is 0. The molecule has 0 bridgehead atoms. The van der Waals surface area contributed by atoms with Gasteiger partial charge >= 0.3 is 0 Å². The fourth-order valence-electron chi connectivity index (χ4n) is 4.97. The van der Waals surface area contributed by atoms with Crippen molar-refractivity contribution in [2.24, 2.45) is 16.2 Å². The fourth-order valence-corrected chi connectivity index (χ4v) is 4.97. The predicted octanol–water partition coefficient (Wildman–Crippen LogP) is 8.34. The zero-order chi connectivity index (χ0) is 19.8. The molecule has 0 aromatic rings. The predicted molar refractivity (Wildman–Crippen MR) is 117 cm³/mol. The van der Waals surface area contributed by atoms with Gasteiger partial charge in [-0.05, 0) is 84.5 Å². The average Bonchev–Trinajstić information content (AvgIpc) is 2.47. The van der Waals surface area contributed by atoms with E-state index in [1.165, 1.54) is 42.4 Å². The summed E-state index contributed by atoms with van der Waals surface area (Å²) in [6.45, 7) is 23.2. The summed E-state index contributed by atoms with van der Waals surface area (Å²) in [6.07, 6.45) is 15.5. The summed E-state index contributed by atoms with van der Waals surface area (Å²) in [4.78, 5) is 0. The van der Waals surface area contributed by atoms with E-state index in [0.29, 0.717) is 5.41 Å². The second-order valence-corrected chi connectivity index (χ2v) is 10.7. The summed E-state index contributed by atoms with van der Waals surface area (Å²) < 4.78 is 0. The van der Waals surface area contributed by atoms with Crippen LogP contribution in [0, 0.1) is 16.2 Å². The van der Waals surface area contributed by atoms with Gasteiger partial charge in [-0.3, -0.25) is 0 Å². The van der Waals surface area contributed by atoms with E-state index in [0.717, 1.165) is 6.42 Å². The monoisotopic (exact) mass is 352 g/mol. The molecule has 2 rings (SSSR count). The smallest absolute Gasteiger partial charge is 0.0104 e. The first-order valence-electron chi connectivity index (χ1n) is 10.3. The van der Waals surface area contributed by atoms with Gasteiger partial charge in [0, 0.05) is 0 Å². The van der Waals surface area contributed by atoms with Crippen LogP contribution in [-0.2, 0) is 0 Å². The maximum atomic E-state index is 4.34. The van der Waals surface area contributed by atoms with Crippen LogP contribution in [-0.4, -0.2) is 0 Å². The van der Waals surface area contributed by atoms with Crippen molar-refractivity contribution in [2.45, 2.75) is 87.5 Å². The van der Waals surface area contributed by atoms with Crippen LogP contribution in [0.2, 0.25) is 0 Å². The molecule has 0 atom stereocenters. The second-order valence-electron chi connectivity index (χ2n) is 10.7. The summed E-state index contributed by atoms with van der Waals surface area (Å²) in [7, 11) is 0. The zero-order valence-corrected chi connectivity index (χ0v) is 18.6. The molecule has 26 heavy (non-hydrogen) atoms. The molecule has 0 heterocycles. The Kier molecular flexibility index (Phi) is 5.96. The number of hydrogen-bond acceptors (Lipinski definition) is 0. The van der Waals surface area contributed by atoms with E-state index in [2.05, 4.69) is 86.3 Å². The highest BCUT2D eigenvalue weighted by atomic mass is 14.4. The van der Waals surface area contributed by atoms with Gasteiger partial charge in [-0.25, -0.2) is 0 Å². The molecule has 0 saturated heterocycles. The van der Waals surface area contributed by atoms with Crippen molar-refractivity contribution in [1.29, 1.82) is 0 Å². The van der Waals surface area contributed by atoms with Gasteiger partial charge in [-0.15, -0.1) is 0 Å². The van der Waals surface area contributed by atoms with Crippen LogP contribution in [0.3, 0.4) is 0 Å². The Morgan fingerprint density at radius 3 is 2.31 bits per heavy atom. The Bertz CT molecular complexity index is 684. The molecule has 0 aliphatic heterocycles. The fraction of sp³-hybridized carbons (Fsp3) is 0.615. The Balaban J connectivity index is 2.37. The third-order valence-corrected chi connectivity index (χ3v) is 6.49. The first kappa shape index (κ1) is 21.0. The van der Waals surface area contributed by atoms with Gasteiger partial charge in [0.05, 0.1) is 0 Å². The van der Waals surface area contributed by atoms with E-state index in [9.17, 15) is 0 Å². The minimum absolute atomic E-state index is 0.170. The highest BCUT2D eigenvalue weighted by Gasteiger charge is 2.32. The zero-order valence-electron chi connectivity index (χ0n) is 18.6. The molecule has 0 N–H and O–H groups in total. The highest BCUT2D eigenvalue weighted by Crippen LogP contribution is 2.45. The Morgan fingerprint density at radius 2 is 1.69 bits per heavy atom. The maximum absolute atomic E-state index is 4.34. The molecule has 144 valence electrons. The van der Waals surface area contributed by atoms with Crippen molar-refractivity contribution in [3.8, 4) is 0 Å². The molecule has 0 radical (unpaired) electrons. The molecule has 0 unspecified atom stereocenters. The quantitative estimate of drug-likeness (QED) is 0.468. The molecule has 2 aliphatic rings. The van der Waals surface area contributed by atoms with Crippen molar-refractivity contribution in [3.05, 3.63) is 58.7 Å². The molecular weight excluding hydrogens is 312 g/mol. The van der Waals surface area contributed by atoms with E-state index in [1.54, 1.807) is 11.1 Å². The molecule has 0 amide bonds. The lowest BCUT2D eigenvalue weighted by Gasteiger charge is -2.38.